The summed E-state index contributed by atoms with van der Waals surface area (Å²) in [5.74, 6) is 0.485. The van der Waals surface area contributed by atoms with Crippen molar-refractivity contribution in [1.82, 2.24) is 4.90 Å². The smallest absolute Gasteiger partial charge is 0.273 e. The van der Waals surface area contributed by atoms with Gasteiger partial charge in [-0.25, -0.2) is 0 Å². The van der Waals surface area contributed by atoms with Crippen molar-refractivity contribution >= 4 is 11.6 Å². The van der Waals surface area contributed by atoms with E-state index in [9.17, 15) is 14.9 Å². The van der Waals surface area contributed by atoms with E-state index in [0.29, 0.717) is 5.75 Å². The van der Waals surface area contributed by atoms with Gasteiger partial charge < -0.3 is 14.4 Å². The molecule has 0 unspecified atom stereocenters. The van der Waals surface area contributed by atoms with Crippen molar-refractivity contribution < 1.29 is 19.2 Å². The van der Waals surface area contributed by atoms with Crippen LogP contribution in [-0.2, 0) is 4.79 Å². The number of ether oxygens (including phenoxy) is 2. The van der Waals surface area contributed by atoms with Crippen LogP contribution in [0.15, 0.2) is 18.2 Å². The van der Waals surface area contributed by atoms with E-state index in [2.05, 4.69) is 0 Å². The third-order valence-electron chi connectivity index (χ3n) is 3.92. The fourth-order valence-electron chi connectivity index (χ4n) is 2.62. The average molecular weight is 322 g/mol. The lowest BCUT2D eigenvalue weighted by Gasteiger charge is -2.24. The number of carbonyl (C=O) groups excluding carboxylic acids is 1. The molecule has 23 heavy (non-hydrogen) atoms. The highest BCUT2D eigenvalue weighted by Gasteiger charge is 2.18. The molecule has 1 aliphatic heterocycles. The van der Waals surface area contributed by atoms with Crippen LogP contribution in [0.4, 0.5) is 5.69 Å². The van der Waals surface area contributed by atoms with Gasteiger partial charge in [0.25, 0.3) is 11.6 Å². The van der Waals surface area contributed by atoms with Gasteiger partial charge in [0.15, 0.2) is 18.1 Å². The van der Waals surface area contributed by atoms with Gasteiger partial charge in [-0.05, 0) is 18.9 Å². The normalized spacial score (nSPS) is 15.4. The van der Waals surface area contributed by atoms with Gasteiger partial charge in [-0.15, -0.1) is 0 Å². The molecule has 0 aromatic heterocycles. The number of nitro groups is 1. The first-order chi connectivity index (χ1) is 11.1. The second-order valence-corrected chi connectivity index (χ2v) is 5.53. The lowest BCUT2D eigenvalue weighted by molar-refractivity contribution is -0.385. The molecule has 0 radical (unpaired) electrons. The second kappa shape index (κ2) is 8.36. The van der Waals surface area contributed by atoms with Gasteiger partial charge in [0.2, 0.25) is 0 Å². The standard InChI is InChI=1S/C16H22N2O5/c1-22-14-8-7-13(18(20)21)11-15(14)23-12-16(19)17-9-5-3-2-4-6-10-17/h7-8,11H,2-6,9-10,12H2,1H3. The molecule has 1 aromatic rings. The van der Waals surface area contributed by atoms with Crippen LogP contribution in [0, 0.1) is 10.1 Å². The lowest BCUT2D eigenvalue weighted by atomic mass is 10.1. The topological polar surface area (TPSA) is 81.9 Å². The number of methoxy groups -OCH3 is 1. The first kappa shape index (κ1) is 17.1. The Labute approximate surface area is 135 Å². The van der Waals surface area contributed by atoms with E-state index in [0.717, 1.165) is 38.8 Å². The second-order valence-electron chi connectivity index (χ2n) is 5.53. The van der Waals surface area contributed by atoms with E-state index in [1.165, 1.54) is 31.7 Å². The number of non-ortho nitro benzene ring substituents is 1. The molecule has 1 fully saturated rings. The van der Waals surface area contributed by atoms with E-state index in [4.69, 9.17) is 9.47 Å². The molecule has 1 aliphatic rings. The molecule has 1 aromatic carbocycles. The Bertz CT molecular complexity index is 553. The number of hydrogen-bond acceptors (Lipinski definition) is 5. The zero-order valence-corrected chi connectivity index (χ0v) is 13.3. The molecule has 1 heterocycles. The number of amides is 1. The van der Waals surface area contributed by atoms with Gasteiger partial charge in [0, 0.05) is 19.2 Å². The zero-order chi connectivity index (χ0) is 16.7. The van der Waals surface area contributed by atoms with Crippen molar-refractivity contribution in [3.63, 3.8) is 0 Å². The Morgan fingerprint density at radius 2 is 1.83 bits per heavy atom. The Hall–Kier alpha value is -2.31. The zero-order valence-electron chi connectivity index (χ0n) is 13.3. The lowest BCUT2D eigenvalue weighted by Crippen LogP contribution is -2.37. The molecule has 7 heteroatoms. The predicted octanol–water partition coefficient (Wildman–Crippen LogP) is 2.77. The Balaban J connectivity index is 1.99. The summed E-state index contributed by atoms with van der Waals surface area (Å²) in [5.41, 5.74) is -0.0977. The highest BCUT2D eigenvalue weighted by molar-refractivity contribution is 5.77. The fraction of sp³-hybridized carbons (Fsp3) is 0.562. The number of nitro benzene ring substituents is 1. The average Bonchev–Trinajstić information content (AvgIpc) is 2.51. The molecule has 7 nitrogen and oxygen atoms in total. The summed E-state index contributed by atoms with van der Waals surface area (Å²) in [6.45, 7) is 1.35. The predicted molar refractivity (Wildman–Crippen MR) is 84.8 cm³/mol. The van der Waals surface area contributed by atoms with Gasteiger partial charge in [0.05, 0.1) is 18.1 Å². The first-order valence-electron chi connectivity index (χ1n) is 7.85. The van der Waals surface area contributed by atoms with Crippen molar-refractivity contribution in [2.75, 3.05) is 26.8 Å². The maximum absolute atomic E-state index is 12.3. The molecule has 0 spiro atoms. The van der Waals surface area contributed by atoms with Crippen molar-refractivity contribution in [2.24, 2.45) is 0 Å². The molecule has 0 atom stereocenters. The van der Waals surface area contributed by atoms with Gasteiger partial charge in [-0.1, -0.05) is 19.3 Å². The molecular formula is C16H22N2O5. The van der Waals surface area contributed by atoms with E-state index in [1.807, 2.05) is 4.90 Å². The van der Waals surface area contributed by atoms with Crippen LogP contribution < -0.4 is 9.47 Å². The number of carbonyl (C=O) groups is 1. The molecule has 0 aliphatic carbocycles. The van der Waals surface area contributed by atoms with E-state index >= 15 is 0 Å². The quantitative estimate of drug-likeness (QED) is 0.615. The highest BCUT2D eigenvalue weighted by atomic mass is 16.6. The molecule has 1 saturated heterocycles. The molecule has 0 N–H and O–H groups in total. The summed E-state index contributed by atoms with van der Waals surface area (Å²) in [6, 6.07) is 4.08. The summed E-state index contributed by atoms with van der Waals surface area (Å²) in [4.78, 5) is 24.4. The van der Waals surface area contributed by atoms with Crippen molar-refractivity contribution in [2.45, 2.75) is 32.1 Å². The van der Waals surface area contributed by atoms with E-state index in [1.54, 1.807) is 0 Å². The SMILES string of the molecule is COc1ccc([N+](=O)[O-])cc1OCC(=O)N1CCCCCCC1. The molecule has 2 rings (SSSR count). The van der Waals surface area contributed by atoms with E-state index in [-0.39, 0.29) is 24.0 Å². The van der Waals surface area contributed by atoms with Crippen molar-refractivity contribution in [1.29, 1.82) is 0 Å². The molecule has 1 amide bonds. The summed E-state index contributed by atoms with van der Waals surface area (Å²) < 4.78 is 10.6. The minimum Gasteiger partial charge on any atom is -0.493 e. The van der Waals surface area contributed by atoms with Gasteiger partial charge in [0.1, 0.15) is 0 Å². The molecular weight excluding hydrogens is 300 g/mol. The molecule has 126 valence electrons. The minimum atomic E-state index is -0.508. The number of hydrogen-bond donors (Lipinski definition) is 0. The third-order valence-corrected chi connectivity index (χ3v) is 3.92. The summed E-state index contributed by atoms with van der Waals surface area (Å²) in [7, 11) is 1.45. The van der Waals surface area contributed by atoms with Crippen LogP contribution in [0.5, 0.6) is 11.5 Å². The Kier molecular flexibility index (Phi) is 6.19. The van der Waals surface area contributed by atoms with Crippen LogP contribution in [0.3, 0.4) is 0 Å². The van der Waals surface area contributed by atoms with Gasteiger partial charge >= 0.3 is 0 Å². The summed E-state index contributed by atoms with van der Waals surface area (Å²) in [6.07, 6.45) is 5.52. The number of rotatable bonds is 5. The van der Waals surface area contributed by atoms with Crippen LogP contribution in [0.25, 0.3) is 0 Å². The summed E-state index contributed by atoms with van der Waals surface area (Å²) >= 11 is 0. The highest BCUT2D eigenvalue weighted by Crippen LogP contribution is 2.31. The monoisotopic (exact) mass is 322 g/mol. The van der Waals surface area contributed by atoms with Crippen LogP contribution in [0.1, 0.15) is 32.1 Å². The van der Waals surface area contributed by atoms with E-state index < -0.39 is 4.92 Å². The summed E-state index contributed by atoms with van der Waals surface area (Å²) in [5, 5.41) is 10.8. The fourth-order valence-corrected chi connectivity index (χ4v) is 2.62. The maximum atomic E-state index is 12.3. The van der Waals surface area contributed by atoms with Crippen LogP contribution in [-0.4, -0.2) is 42.5 Å². The van der Waals surface area contributed by atoms with Gasteiger partial charge in [-0.3, -0.25) is 14.9 Å². The molecule has 0 bridgehead atoms. The van der Waals surface area contributed by atoms with Crippen LogP contribution >= 0.6 is 0 Å². The Morgan fingerprint density at radius 3 is 2.43 bits per heavy atom. The van der Waals surface area contributed by atoms with Crippen molar-refractivity contribution in [3.05, 3.63) is 28.3 Å². The minimum absolute atomic E-state index is 0.0968. The third kappa shape index (κ3) is 4.84. The first-order valence-corrected chi connectivity index (χ1v) is 7.85. The number of likely N-dealkylation sites (tertiary alicyclic amines) is 1. The van der Waals surface area contributed by atoms with Crippen LogP contribution in [0.2, 0.25) is 0 Å². The van der Waals surface area contributed by atoms with Gasteiger partial charge in [-0.2, -0.15) is 0 Å². The largest absolute Gasteiger partial charge is 0.493 e. The number of benzene rings is 1. The molecule has 0 saturated carbocycles. The number of nitrogens with zero attached hydrogens (tertiary/aromatic N) is 2. The maximum Gasteiger partial charge on any atom is 0.273 e. The Morgan fingerprint density at radius 1 is 1.17 bits per heavy atom. The van der Waals surface area contributed by atoms with Crippen molar-refractivity contribution in [3.8, 4) is 11.5 Å².